The molecule has 1 radical (unpaired) electrons. The number of esters is 1. The third-order valence-corrected chi connectivity index (χ3v) is 1.67. The molecule has 1 unspecified atom stereocenters. The normalized spacial score (nSPS) is 14.6. The van der Waals surface area contributed by atoms with Crippen molar-refractivity contribution in [3.8, 4) is 0 Å². The van der Waals surface area contributed by atoms with Gasteiger partial charge >= 0.3 is 5.97 Å². The van der Waals surface area contributed by atoms with Crippen molar-refractivity contribution in [1.82, 2.24) is 0 Å². The maximum atomic E-state index is 10.8. The fourth-order valence-corrected chi connectivity index (χ4v) is 1.38. The zero-order valence-corrected chi connectivity index (χ0v) is 8.68. The summed E-state index contributed by atoms with van der Waals surface area (Å²) in [4.78, 5) is 10.8. The molecule has 0 bridgehead atoms. The van der Waals surface area contributed by atoms with E-state index in [1.807, 2.05) is 27.7 Å². The molecule has 71 valence electrons. The molecule has 12 heavy (non-hydrogen) atoms. The first-order valence-corrected chi connectivity index (χ1v) is 4.27. The summed E-state index contributed by atoms with van der Waals surface area (Å²) in [6.45, 7) is 13.4. The molecule has 0 heterocycles. The van der Waals surface area contributed by atoms with E-state index < -0.39 is 0 Å². The van der Waals surface area contributed by atoms with Gasteiger partial charge in [0.25, 0.3) is 0 Å². The van der Waals surface area contributed by atoms with Gasteiger partial charge in [0, 0.05) is 12.3 Å². The van der Waals surface area contributed by atoms with Crippen LogP contribution in [-0.2, 0) is 9.53 Å². The van der Waals surface area contributed by atoms with E-state index in [0.29, 0.717) is 5.92 Å². The minimum Gasteiger partial charge on any atom is -0.462 e. The van der Waals surface area contributed by atoms with Crippen molar-refractivity contribution in [1.29, 1.82) is 0 Å². The third kappa shape index (κ3) is 3.74. The first-order valence-electron chi connectivity index (χ1n) is 4.27. The van der Waals surface area contributed by atoms with Gasteiger partial charge in [-0.25, -0.2) is 0 Å². The molecule has 0 aromatic carbocycles. The Morgan fingerprint density at radius 3 is 1.92 bits per heavy atom. The van der Waals surface area contributed by atoms with Crippen LogP contribution in [0.3, 0.4) is 0 Å². The van der Waals surface area contributed by atoms with Crippen LogP contribution in [-0.4, -0.2) is 12.1 Å². The maximum absolute atomic E-state index is 10.8. The Morgan fingerprint density at radius 1 is 1.42 bits per heavy atom. The molecule has 1 atom stereocenters. The summed E-state index contributed by atoms with van der Waals surface area (Å²) < 4.78 is 5.17. The van der Waals surface area contributed by atoms with Gasteiger partial charge in [-0.05, 0) is 12.8 Å². The highest BCUT2D eigenvalue weighted by molar-refractivity contribution is 5.66. The van der Waals surface area contributed by atoms with Gasteiger partial charge < -0.3 is 4.74 Å². The monoisotopic (exact) mass is 171 g/mol. The van der Waals surface area contributed by atoms with Crippen LogP contribution in [0.5, 0.6) is 0 Å². The lowest BCUT2D eigenvalue weighted by molar-refractivity contribution is -0.154. The Labute approximate surface area is 75.3 Å². The molecule has 0 aliphatic carbocycles. The van der Waals surface area contributed by atoms with E-state index in [1.54, 1.807) is 0 Å². The maximum Gasteiger partial charge on any atom is 0.302 e. The minimum absolute atomic E-state index is 0.102. The highest BCUT2D eigenvalue weighted by atomic mass is 16.5. The fraction of sp³-hybridized carbons (Fsp3) is 0.800. The van der Waals surface area contributed by atoms with Gasteiger partial charge in [-0.2, -0.15) is 0 Å². The number of carbonyl (C=O) groups excluding carboxylic acids is 1. The summed E-state index contributed by atoms with van der Waals surface area (Å²) in [5.74, 6) is 0.0758. The fourth-order valence-electron chi connectivity index (χ4n) is 1.38. The van der Waals surface area contributed by atoms with E-state index >= 15 is 0 Å². The van der Waals surface area contributed by atoms with Crippen molar-refractivity contribution in [3.63, 3.8) is 0 Å². The molecule has 0 fully saturated rings. The summed E-state index contributed by atoms with van der Waals surface area (Å²) in [5, 5.41) is 0. The second-order valence-corrected chi connectivity index (χ2v) is 4.26. The van der Waals surface area contributed by atoms with Crippen molar-refractivity contribution in [2.24, 2.45) is 11.3 Å². The van der Waals surface area contributed by atoms with Crippen molar-refractivity contribution >= 4 is 5.97 Å². The van der Waals surface area contributed by atoms with E-state index in [2.05, 4.69) is 6.92 Å². The summed E-state index contributed by atoms with van der Waals surface area (Å²) in [5.41, 5.74) is -0.222. The van der Waals surface area contributed by atoms with Gasteiger partial charge in [-0.3, -0.25) is 4.79 Å². The van der Waals surface area contributed by atoms with E-state index in [-0.39, 0.29) is 17.5 Å². The molecular weight excluding hydrogens is 152 g/mol. The summed E-state index contributed by atoms with van der Waals surface area (Å²) >= 11 is 0. The Balaban J connectivity index is 4.35. The van der Waals surface area contributed by atoms with Crippen LogP contribution in [0.2, 0.25) is 0 Å². The lowest BCUT2D eigenvalue weighted by Gasteiger charge is -2.32. The van der Waals surface area contributed by atoms with Crippen molar-refractivity contribution in [2.45, 2.75) is 40.7 Å². The van der Waals surface area contributed by atoms with E-state index in [0.717, 1.165) is 0 Å². The van der Waals surface area contributed by atoms with Gasteiger partial charge in [0.1, 0.15) is 6.10 Å². The highest BCUT2D eigenvalue weighted by Gasteiger charge is 2.30. The molecule has 0 aromatic heterocycles. The number of rotatable bonds is 3. The Hall–Kier alpha value is -0.530. The molecule has 0 spiro atoms. The van der Waals surface area contributed by atoms with Crippen molar-refractivity contribution in [3.05, 3.63) is 6.92 Å². The summed E-state index contributed by atoms with van der Waals surface area (Å²) in [6, 6.07) is 0. The van der Waals surface area contributed by atoms with Crippen LogP contribution in [0.1, 0.15) is 34.6 Å². The molecule has 2 heteroatoms. The van der Waals surface area contributed by atoms with Crippen molar-refractivity contribution in [2.75, 3.05) is 0 Å². The molecule has 0 aliphatic heterocycles. The van der Waals surface area contributed by atoms with Gasteiger partial charge in [0.15, 0.2) is 0 Å². The molecule has 0 aromatic rings. The second-order valence-electron chi connectivity index (χ2n) is 4.26. The average Bonchev–Trinajstić information content (AvgIpc) is 1.79. The van der Waals surface area contributed by atoms with Crippen LogP contribution in [0, 0.1) is 18.3 Å². The molecular formula is C10H19O2. The predicted molar refractivity (Wildman–Crippen MR) is 49.5 cm³/mol. The molecule has 0 aliphatic rings. The summed E-state index contributed by atoms with van der Waals surface area (Å²) in [6.07, 6.45) is -0.102. The topological polar surface area (TPSA) is 26.3 Å². The zero-order valence-electron chi connectivity index (χ0n) is 8.68. The predicted octanol–water partition coefficient (Wildman–Crippen LogP) is 2.43. The molecule has 2 nitrogen and oxygen atoms in total. The number of ether oxygens (including phenoxy) is 1. The van der Waals surface area contributed by atoms with Gasteiger partial charge in [-0.15, -0.1) is 0 Å². The molecule has 0 amide bonds. The first-order chi connectivity index (χ1) is 5.25. The van der Waals surface area contributed by atoms with E-state index in [4.69, 9.17) is 4.74 Å². The first kappa shape index (κ1) is 11.5. The van der Waals surface area contributed by atoms with Crippen molar-refractivity contribution < 1.29 is 9.53 Å². The zero-order chi connectivity index (χ0) is 9.94. The molecule has 0 rings (SSSR count). The quantitative estimate of drug-likeness (QED) is 0.610. The Morgan fingerprint density at radius 2 is 1.83 bits per heavy atom. The molecule has 0 saturated carbocycles. The lowest BCUT2D eigenvalue weighted by atomic mass is 9.82. The van der Waals surface area contributed by atoms with Crippen LogP contribution in [0.15, 0.2) is 0 Å². The Kier molecular flexibility index (Phi) is 3.75. The third-order valence-electron chi connectivity index (χ3n) is 1.67. The SMILES string of the molecule is [CH2]C(C)(C)C(OC(C)=O)C(C)C. The van der Waals surface area contributed by atoms with Crippen LogP contribution < -0.4 is 0 Å². The van der Waals surface area contributed by atoms with E-state index in [1.165, 1.54) is 6.92 Å². The van der Waals surface area contributed by atoms with Gasteiger partial charge in [0.2, 0.25) is 0 Å². The van der Waals surface area contributed by atoms with Gasteiger partial charge in [-0.1, -0.05) is 27.7 Å². The molecule has 0 N–H and O–H groups in total. The lowest BCUT2D eigenvalue weighted by Crippen LogP contribution is -2.35. The number of hydrogen-bond acceptors (Lipinski definition) is 2. The highest BCUT2D eigenvalue weighted by Crippen LogP contribution is 2.27. The standard InChI is InChI=1S/C10H19O2/c1-7(2)9(10(4,5)6)12-8(3)11/h7,9H,4H2,1-3,5-6H3. The van der Waals surface area contributed by atoms with Crippen LogP contribution in [0.4, 0.5) is 0 Å². The number of hydrogen-bond donors (Lipinski definition) is 0. The second kappa shape index (κ2) is 3.92. The minimum atomic E-state index is -0.231. The van der Waals surface area contributed by atoms with Crippen LogP contribution >= 0.6 is 0 Å². The smallest absolute Gasteiger partial charge is 0.302 e. The van der Waals surface area contributed by atoms with E-state index in [9.17, 15) is 4.79 Å². The number of carbonyl (C=O) groups is 1. The van der Waals surface area contributed by atoms with Gasteiger partial charge in [0.05, 0.1) is 0 Å². The largest absolute Gasteiger partial charge is 0.462 e. The average molecular weight is 171 g/mol. The summed E-state index contributed by atoms with van der Waals surface area (Å²) in [7, 11) is 0. The Bertz CT molecular complexity index is 154. The van der Waals surface area contributed by atoms with Crippen LogP contribution in [0.25, 0.3) is 0 Å². The molecule has 0 saturated heterocycles.